The van der Waals surface area contributed by atoms with Crippen LogP contribution in [0.15, 0.2) is 35.5 Å². The number of rotatable bonds is 8. The molecule has 3 fully saturated rings. The van der Waals surface area contributed by atoms with Gasteiger partial charge >= 0.3 is 0 Å². The number of nitrogens with one attached hydrogen (secondary N) is 2. The third-order valence-electron chi connectivity index (χ3n) is 7.39. The zero-order valence-electron chi connectivity index (χ0n) is 22.3. The lowest BCUT2D eigenvalue weighted by molar-refractivity contribution is -0.0328. The largest absolute Gasteiger partial charge is 0.370 e. The van der Waals surface area contributed by atoms with E-state index in [-0.39, 0.29) is 12.2 Å². The molecule has 4 heterocycles. The molecular formula is C28H37N9O. The highest BCUT2D eigenvalue weighted by molar-refractivity contribution is 5.82. The SMILES string of the molecule is C=Nc1c(C#N)ccc(N2C[C@H](CN3CCN(c4ccnc(NC5CNC5)n4)CC3)O[C@H](C)C2)c1/C=C\C. The number of morpholine rings is 1. The van der Waals surface area contributed by atoms with Crippen molar-refractivity contribution >= 4 is 35.9 Å². The van der Waals surface area contributed by atoms with Gasteiger partial charge in [-0.1, -0.05) is 12.2 Å². The van der Waals surface area contributed by atoms with Crippen LogP contribution < -0.4 is 20.4 Å². The summed E-state index contributed by atoms with van der Waals surface area (Å²) in [6.07, 6.45) is 6.03. The molecule has 0 spiro atoms. The van der Waals surface area contributed by atoms with Gasteiger partial charge in [0.2, 0.25) is 5.95 Å². The lowest BCUT2D eigenvalue weighted by Gasteiger charge is -2.42. The van der Waals surface area contributed by atoms with Gasteiger partial charge in [0.1, 0.15) is 11.9 Å². The molecule has 3 saturated heterocycles. The van der Waals surface area contributed by atoms with Crippen LogP contribution in [0.25, 0.3) is 6.08 Å². The fraction of sp³-hybridized carbons (Fsp3) is 0.500. The van der Waals surface area contributed by atoms with Crippen molar-refractivity contribution in [3.63, 3.8) is 0 Å². The van der Waals surface area contributed by atoms with Crippen molar-refractivity contribution in [2.75, 3.05) is 74.0 Å². The quantitative estimate of drug-likeness (QED) is 0.513. The number of hydrogen-bond donors (Lipinski definition) is 2. The van der Waals surface area contributed by atoms with Crippen molar-refractivity contribution in [2.45, 2.75) is 32.1 Å². The van der Waals surface area contributed by atoms with Crippen LogP contribution >= 0.6 is 0 Å². The molecule has 0 bridgehead atoms. The summed E-state index contributed by atoms with van der Waals surface area (Å²) in [6, 6.07) is 8.53. The second-order valence-electron chi connectivity index (χ2n) is 10.2. The Balaban J connectivity index is 1.21. The molecule has 0 amide bonds. The molecule has 0 saturated carbocycles. The van der Waals surface area contributed by atoms with E-state index in [1.54, 1.807) is 0 Å². The fourth-order valence-corrected chi connectivity index (χ4v) is 5.42. The molecule has 3 aliphatic rings. The topological polar surface area (TPSA) is 105 Å². The fourth-order valence-electron chi connectivity index (χ4n) is 5.42. The zero-order chi connectivity index (χ0) is 26.5. The first-order chi connectivity index (χ1) is 18.6. The standard InChI is InChI=1S/C28H37N9O/c1-4-5-24-25(7-6-21(14-29)27(24)30-3)37-17-20(2)38-23(19-37)18-35-10-12-36(13-11-35)26-8-9-32-28(34-26)33-22-15-31-16-22/h4-9,20,22-23,31H,3,10-13,15-19H2,1-2H3,(H,32,33,34)/b5-4-/t20-,23+/m1/s1. The molecule has 1 aromatic heterocycles. The summed E-state index contributed by atoms with van der Waals surface area (Å²) in [4.78, 5) is 20.5. The van der Waals surface area contributed by atoms with E-state index < -0.39 is 0 Å². The van der Waals surface area contributed by atoms with Gasteiger partial charge in [0.15, 0.2) is 0 Å². The number of aromatic nitrogens is 2. The Hall–Kier alpha value is -3.52. The molecular weight excluding hydrogens is 478 g/mol. The molecule has 3 aliphatic heterocycles. The van der Waals surface area contributed by atoms with Gasteiger partial charge in [-0.2, -0.15) is 10.2 Å². The van der Waals surface area contributed by atoms with Crippen molar-refractivity contribution < 1.29 is 4.74 Å². The van der Waals surface area contributed by atoms with E-state index in [0.29, 0.717) is 23.2 Å². The van der Waals surface area contributed by atoms with Crippen LogP contribution in [0.3, 0.4) is 0 Å². The highest BCUT2D eigenvalue weighted by Crippen LogP contribution is 2.35. The van der Waals surface area contributed by atoms with E-state index >= 15 is 0 Å². The number of anilines is 3. The van der Waals surface area contributed by atoms with Crippen LogP contribution in [0.4, 0.5) is 23.1 Å². The molecule has 5 rings (SSSR count). The van der Waals surface area contributed by atoms with Crippen molar-refractivity contribution in [3.05, 3.63) is 41.6 Å². The van der Waals surface area contributed by atoms with Crippen LogP contribution in [0.1, 0.15) is 25.0 Å². The van der Waals surface area contributed by atoms with Gasteiger partial charge in [-0.25, -0.2) is 4.98 Å². The maximum absolute atomic E-state index is 9.55. The lowest BCUT2D eigenvalue weighted by atomic mass is 10.0. The van der Waals surface area contributed by atoms with Crippen molar-refractivity contribution in [1.82, 2.24) is 20.2 Å². The smallest absolute Gasteiger partial charge is 0.224 e. The number of nitriles is 1. The second-order valence-corrected chi connectivity index (χ2v) is 10.2. The summed E-state index contributed by atoms with van der Waals surface area (Å²) in [7, 11) is 0. The Kier molecular flexibility index (Phi) is 8.17. The highest BCUT2D eigenvalue weighted by atomic mass is 16.5. The predicted octanol–water partition coefficient (Wildman–Crippen LogP) is 2.51. The normalized spacial score (nSPS) is 22.8. The monoisotopic (exact) mass is 515 g/mol. The van der Waals surface area contributed by atoms with E-state index in [1.807, 2.05) is 43.5 Å². The molecule has 0 unspecified atom stereocenters. The first kappa shape index (κ1) is 26.1. The van der Waals surface area contributed by atoms with Gasteiger partial charge in [-0.15, -0.1) is 0 Å². The molecule has 2 N–H and O–H groups in total. The minimum atomic E-state index is 0.0884. The minimum absolute atomic E-state index is 0.0884. The molecule has 10 nitrogen and oxygen atoms in total. The highest BCUT2D eigenvalue weighted by Gasteiger charge is 2.30. The molecule has 0 aliphatic carbocycles. The maximum atomic E-state index is 9.55. The van der Waals surface area contributed by atoms with Crippen LogP contribution in [-0.2, 0) is 4.74 Å². The van der Waals surface area contributed by atoms with Crippen LogP contribution in [0.5, 0.6) is 0 Å². The minimum Gasteiger partial charge on any atom is -0.370 e. The molecule has 2 aromatic rings. The maximum Gasteiger partial charge on any atom is 0.224 e. The van der Waals surface area contributed by atoms with Gasteiger partial charge < -0.3 is 25.2 Å². The Morgan fingerprint density at radius 2 is 2.03 bits per heavy atom. The van der Waals surface area contributed by atoms with Crippen LogP contribution in [-0.4, -0.2) is 98.7 Å². The first-order valence-corrected chi connectivity index (χ1v) is 13.4. The van der Waals surface area contributed by atoms with E-state index in [0.717, 1.165) is 76.0 Å². The number of allylic oxidation sites excluding steroid dienone is 1. The summed E-state index contributed by atoms with van der Waals surface area (Å²) in [6.45, 7) is 16.0. The van der Waals surface area contributed by atoms with E-state index in [2.05, 4.69) is 55.0 Å². The molecule has 10 heteroatoms. The Bertz CT molecular complexity index is 1200. The number of aliphatic imine (C=N–C) groups is 1. The average molecular weight is 516 g/mol. The number of nitrogens with zero attached hydrogens (tertiary/aromatic N) is 7. The third-order valence-corrected chi connectivity index (χ3v) is 7.39. The zero-order valence-corrected chi connectivity index (χ0v) is 22.3. The first-order valence-electron chi connectivity index (χ1n) is 13.4. The van der Waals surface area contributed by atoms with E-state index in [4.69, 9.17) is 9.72 Å². The van der Waals surface area contributed by atoms with Gasteiger partial charge in [0.05, 0.1) is 29.5 Å². The summed E-state index contributed by atoms with van der Waals surface area (Å²) in [5.74, 6) is 1.68. The van der Waals surface area contributed by atoms with Crippen molar-refractivity contribution in [3.8, 4) is 6.07 Å². The van der Waals surface area contributed by atoms with Crippen molar-refractivity contribution in [1.29, 1.82) is 5.26 Å². The number of benzene rings is 1. The van der Waals surface area contributed by atoms with E-state index in [1.165, 1.54) is 0 Å². The summed E-state index contributed by atoms with van der Waals surface area (Å²) < 4.78 is 6.39. The molecule has 2 atom stereocenters. The lowest BCUT2D eigenvalue weighted by Crippen LogP contribution is -2.54. The third kappa shape index (κ3) is 5.80. The van der Waals surface area contributed by atoms with Gasteiger partial charge in [0.25, 0.3) is 0 Å². The number of hydrogen-bond acceptors (Lipinski definition) is 10. The summed E-state index contributed by atoms with van der Waals surface area (Å²) in [5.41, 5.74) is 3.19. The predicted molar refractivity (Wildman–Crippen MR) is 153 cm³/mol. The molecule has 200 valence electrons. The Morgan fingerprint density at radius 1 is 1.21 bits per heavy atom. The average Bonchev–Trinajstić information content (AvgIpc) is 2.91. The van der Waals surface area contributed by atoms with Gasteiger partial charge in [0, 0.05) is 76.4 Å². The van der Waals surface area contributed by atoms with Gasteiger partial charge in [-0.05, 0) is 38.8 Å². The number of piperazine rings is 1. The summed E-state index contributed by atoms with van der Waals surface area (Å²) in [5, 5.41) is 16.2. The van der Waals surface area contributed by atoms with Crippen LogP contribution in [0.2, 0.25) is 0 Å². The molecule has 1 aromatic carbocycles. The second kappa shape index (κ2) is 11.9. The number of ether oxygens (including phenoxy) is 1. The Morgan fingerprint density at radius 3 is 2.71 bits per heavy atom. The van der Waals surface area contributed by atoms with Crippen LogP contribution in [0, 0.1) is 11.3 Å². The summed E-state index contributed by atoms with van der Waals surface area (Å²) >= 11 is 0. The molecule has 38 heavy (non-hydrogen) atoms. The van der Waals surface area contributed by atoms with Gasteiger partial charge in [-0.3, -0.25) is 9.89 Å². The van der Waals surface area contributed by atoms with Crippen molar-refractivity contribution in [2.24, 2.45) is 4.99 Å². The van der Waals surface area contributed by atoms with E-state index in [9.17, 15) is 5.26 Å². The Labute approximate surface area is 225 Å². The molecule has 0 radical (unpaired) electrons.